The molecule has 1 aliphatic heterocycles. The zero-order chi connectivity index (χ0) is 18.6. The summed E-state index contributed by atoms with van der Waals surface area (Å²) < 4.78 is 42.3. The summed E-state index contributed by atoms with van der Waals surface area (Å²) in [7, 11) is 0. The Morgan fingerprint density at radius 3 is 2.69 bits per heavy atom. The SMILES string of the molecule is CC1(C)OCC(Cn2c3cc(Br)ccc3c(=O)c3cc(F)cc(F)c32)O1. The second-order valence-electron chi connectivity index (χ2n) is 6.84. The lowest BCUT2D eigenvalue weighted by Gasteiger charge is -2.20. The molecule has 0 bridgehead atoms. The molecule has 7 heteroatoms. The second kappa shape index (κ2) is 6.11. The van der Waals surface area contributed by atoms with Crippen LogP contribution in [0.4, 0.5) is 8.78 Å². The van der Waals surface area contributed by atoms with Gasteiger partial charge in [-0.15, -0.1) is 0 Å². The molecule has 1 saturated heterocycles. The number of nitrogens with zero attached hydrogens (tertiary/aromatic N) is 1. The molecule has 3 aromatic rings. The summed E-state index contributed by atoms with van der Waals surface area (Å²) in [5.41, 5.74) is 0.215. The van der Waals surface area contributed by atoms with E-state index in [1.54, 1.807) is 36.6 Å². The van der Waals surface area contributed by atoms with Crippen LogP contribution >= 0.6 is 15.9 Å². The summed E-state index contributed by atoms with van der Waals surface area (Å²) in [4.78, 5) is 12.8. The van der Waals surface area contributed by atoms with E-state index in [1.165, 1.54) is 0 Å². The summed E-state index contributed by atoms with van der Waals surface area (Å²) in [6.45, 7) is 4.23. The normalized spacial score (nSPS) is 19.5. The van der Waals surface area contributed by atoms with Gasteiger partial charge in [-0.25, -0.2) is 8.78 Å². The number of hydrogen-bond acceptors (Lipinski definition) is 3. The molecule has 4 rings (SSSR count). The summed E-state index contributed by atoms with van der Waals surface area (Å²) in [6.07, 6.45) is -0.317. The smallest absolute Gasteiger partial charge is 0.197 e. The fourth-order valence-corrected chi connectivity index (χ4v) is 3.79. The minimum atomic E-state index is -0.781. The van der Waals surface area contributed by atoms with Crippen LogP contribution in [0.15, 0.2) is 39.6 Å². The number of ether oxygens (including phenoxy) is 2. The first-order valence-corrected chi connectivity index (χ1v) is 8.97. The lowest BCUT2D eigenvalue weighted by atomic mass is 10.1. The molecule has 4 nitrogen and oxygen atoms in total. The number of hydrogen-bond donors (Lipinski definition) is 0. The van der Waals surface area contributed by atoms with Crippen LogP contribution in [-0.2, 0) is 16.0 Å². The molecule has 0 saturated carbocycles. The first-order valence-electron chi connectivity index (χ1n) is 8.18. The first kappa shape index (κ1) is 17.6. The van der Waals surface area contributed by atoms with E-state index in [0.717, 1.165) is 16.6 Å². The van der Waals surface area contributed by atoms with Crippen LogP contribution in [0.3, 0.4) is 0 Å². The topological polar surface area (TPSA) is 40.5 Å². The van der Waals surface area contributed by atoms with E-state index in [4.69, 9.17) is 9.47 Å². The van der Waals surface area contributed by atoms with Gasteiger partial charge < -0.3 is 14.0 Å². The quantitative estimate of drug-likeness (QED) is 0.575. The fourth-order valence-electron chi connectivity index (χ4n) is 3.45. The molecule has 1 aromatic heterocycles. The summed E-state index contributed by atoms with van der Waals surface area (Å²) >= 11 is 3.39. The molecule has 2 heterocycles. The van der Waals surface area contributed by atoms with Crippen LogP contribution in [0.5, 0.6) is 0 Å². The number of aromatic nitrogens is 1. The molecule has 26 heavy (non-hydrogen) atoms. The summed E-state index contributed by atoms with van der Waals surface area (Å²) in [5, 5.41) is 0.402. The van der Waals surface area contributed by atoms with Crippen molar-refractivity contribution in [3.8, 4) is 0 Å². The largest absolute Gasteiger partial charge is 0.348 e. The van der Waals surface area contributed by atoms with E-state index in [0.29, 0.717) is 17.5 Å². The zero-order valence-corrected chi connectivity index (χ0v) is 15.8. The predicted molar refractivity (Wildman–Crippen MR) is 98.2 cm³/mol. The molecule has 0 N–H and O–H groups in total. The van der Waals surface area contributed by atoms with Gasteiger partial charge in [-0.3, -0.25) is 4.79 Å². The second-order valence-corrected chi connectivity index (χ2v) is 7.75. The van der Waals surface area contributed by atoms with E-state index in [1.807, 2.05) is 0 Å². The zero-order valence-electron chi connectivity index (χ0n) is 14.2. The van der Waals surface area contributed by atoms with E-state index in [-0.39, 0.29) is 23.6 Å². The predicted octanol–water partition coefficient (Wildman–Crippen LogP) is 4.35. The van der Waals surface area contributed by atoms with Gasteiger partial charge in [0.25, 0.3) is 0 Å². The van der Waals surface area contributed by atoms with Crippen molar-refractivity contribution in [2.24, 2.45) is 0 Å². The average Bonchev–Trinajstić information content (AvgIpc) is 2.90. The molecule has 0 aliphatic carbocycles. The Kier molecular flexibility index (Phi) is 4.13. The monoisotopic (exact) mass is 423 g/mol. The van der Waals surface area contributed by atoms with Gasteiger partial charge in [-0.05, 0) is 38.1 Å². The van der Waals surface area contributed by atoms with Gasteiger partial charge >= 0.3 is 0 Å². The molecular formula is C19H16BrF2NO3. The van der Waals surface area contributed by atoms with Crippen molar-refractivity contribution >= 4 is 37.7 Å². The maximum absolute atomic E-state index is 14.7. The lowest BCUT2D eigenvalue weighted by Crippen LogP contribution is -2.25. The Hall–Kier alpha value is -1.83. The third kappa shape index (κ3) is 2.94. The van der Waals surface area contributed by atoms with Crippen molar-refractivity contribution in [2.45, 2.75) is 32.3 Å². The Morgan fingerprint density at radius 1 is 1.23 bits per heavy atom. The Balaban J connectivity index is 2.02. The molecule has 0 amide bonds. The van der Waals surface area contributed by atoms with Crippen molar-refractivity contribution in [2.75, 3.05) is 6.61 Å². The molecule has 0 spiro atoms. The average molecular weight is 424 g/mol. The van der Waals surface area contributed by atoms with Crippen LogP contribution in [0.2, 0.25) is 0 Å². The standard InChI is InChI=1S/C19H16BrF2NO3/c1-19(2)25-9-12(26-19)8-23-16-5-10(20)3-4-13(16)18(24)14-6-11(21)7-15(22)17(14)23/h3-7,12H,8-9H2,1-2H3. The highest BCUT2D eigenvalue weighted by molar-refractivity contribution is 9.10. The van der Waals surface area contributed by atoms with E-state index in [9.17, 15) is 13.6 Å². The van der Waals surface area contributed by atoms with E-state index in [2.05, 4.69) is 15.9 Å². The van der Waals surface area contributed by atoms with Crippen LogP contribution < -0.4 is 5.43 Å². The molecule has 1 aliphatic rings. The Bertz CT molecular complexity index is 1090. The molecule has 0 radical (unpaired) electrons. The molecule has 136 valence electrons. The van der Waals surface area contributed by atoms with Gasteiger partial charge in [-0.2, -0.15) is 0 Å². The molecular weight excluding hydrogens is 408 g/mol. The number of rotatable bonds is 2. The maximum Gasteiger partial charge on any atom is 0.197 e. The Labute approximate surface area is 156 Å². The van der Waals surface area contributed by atoms with Gasteiger partial charge in [0, 0.05) is 15.9 Å². The molecule has 2 aromatic carbocycles. The van der Waals surface area contributed by atoms with Gasteiger partial charge in [0.2, 0.25) is 0 Å². The molecule has 1 unspecified atom stereocenters. The molecule has 1 atom stereocenters. The lowest BCUT2D eigenvalue weighted by molar-refractivity contribution is -0.139. The van der Waals surface area contributed by atoms with Crippen molar-refractivity contribution < 1.29 is 18.3 Å². The third-order valence-corrected chi connectivity index (χ3v) is 4.98. The summed E-state index contributed by atoms with van der Waals surface area (Å²) in [6, 6.07) is 7.00. The third-order valence-electron chi connectivity index (χ3n) is 4.49. The van der Waals surface area contributed by atoms with Gasteiger partial charge in [-0.1, -0.05) is 15.9 Å². The minimum Gasteiger partial charge on any atom is -0.348 e. The number of fused-ring (bicyclic) bond motifs is 2. The van der Waals surface area contributed by atoms with E-state index >= 15 is 0 Å². The van der Waals surface area contributed by atoms with Gasteiger partial charge in [0.1, 0.15) is 11.9 Å². The molecule has 1 fully saturated rings. The Morgan fingerprint density at radius 2 is 2.00 bits per heavy atom. The first-order chi connectivity index (χ1) is 12.2. The highest BCUT2D eigenvalue weighted by Gasteiger charge is 2.33. The van der Waals surface area contributed by atoms with Crippen LogP contribution in [0, 0.1) is 11.6 Å². The van der Waals surface area contributed by atoms with Crippen LogP contribution in [-0.4, -0.2) is 23.1 Å². The number of benzene rings is 2. The van der Waals surface area contributed by atoms with Crippen molar-refractivity contribution in [3.05, 3.63) is 56.7 Å². The fraction of sp³-hybridized carbons (Fsp3) is 0.316. The van der Waals surface area contributed by atoms with Crippen molar-refractivity contribution in [1.82, 2.24) is 4.57 Å². The van der Waals surface area contributed by atoms with Crippen LogP contribution in [0.1, 0.15) is 13.8 Å². The van der Waals surface area contributed by atoms with Crippen molar-refractivity contribution in [1.29, 1.82) is 0 Å². The highest BCUT2D eigenvalue weighted by atomic mass is 79.9. The maximum atomic E-state index is 14.7. The number of pyridine rings is 1. The van der Waals surface area contributed by atoms with Gasteiger partial charge in [0.05, 0.1) is 29.6 Å². The highest BCUT2D eigenvalue weighted by Crippen LogP contribution is 2.28. The summed E-state index contributed by atoms with van der Waals surface area (Å²) in [5.74, 6) is -2.28. The minimum absolute atomic E-state index is 0.00972. The number of halogens is 3. The van der Waals surface area contributed by atoms with E-state index < -0.39 is 22.9 Å². The van der Waals surface area contributed by atoms with Crippen molar-refractivity contribution in [3.63, 3.8) is 0 Å². The van der Waals surface area contributed by atoms with Gasteiger partial charge in [0.15, 0.2) is 17.0 Å². The van der Waals surface area contributed by atoms with Crippen LogP contribution in [0.25, 0.3) is 21.8 Å².